The fraction of sp³-hybridized carbons (Fsp3) is 0.400. The predicted molar refractivity (Wildman–Crippen MR) is 75.4 cm³/mol. The van der Waals surface area contributed by atoms with Crippen molar-refractivity contribution in [3.05, 3.63) is 29.3 Å². The van der Waals surface area contributed by atoms with Gasteiger partial charge in [-0.25, -0.2) is 0 Å². The molecule has 0 unspecified atom stereocenters. The number of benzene rings is 1. The van der Waals surface area contributed by atoms with Crippen LogP contribution in [0.4, 0.5) is 5.69 Å². The smallest absolute Gasteiger partial charge is 0.223 e. The van der Waals surface area contributed by atoms with Crippen LogP contribution in [-0.2, 0) is 4.79 Å². The number of carbonyl (C=O) groups is 2. The minimum absolute atomic E-state index is 0.0421. The minimum Gasteiger partial charge on any atom is -0.382 e. The van der Waals surface area contributed by atoms with Crippen molar-refractivity contribution in [3.63, 3.8) is 0 Å². The highest BCUT2D eigenvalue weighted by Crippen LogP contribution is 2.28. The van der Waals surface area contributed by atoms with Crippen LogP contribution in [0, 0.1) is 17.2 Å². The molecule has 104 valence electrons. The van der Waals surface area contributed by atoms with Crippen LogP contribution in [0.3, 0.4) is 0 Å². The molecule has 1 amide bonds. The quantitative estimate of drug-likeness (QED) is 0.609. The van der Waals surface area contributed by atoms with Gasteiger partial charge in [0.15, 0.2) is 5.78 Å². The van der Waals surface area contributed by atoms with Gasteiger partial charge in [0.2, 0.25) is 5.91 Å². The van der Waals surface area contributed by atoms with Crippen LogP contribution in [0.25, 0.3) is 0 Å². The van der Waals surface area contributed by atoms with E-state index >= 15 is 0 Å². The Morgan fingerprint density at radius 2 is 2.10 bits per heavy atom. The summed E-state index contributed by atoms with van der Waals surface area (Å²) >= 11 is 0. The molecule has 20 heavy (non-hydrogen) atoms. The molecule has 2 N–H and O–H groups in total. The Hall–Kier alpha value is -2.35. The SMILES string of the molecule is CC(=O)c1ccc(C#N)c(NCCNC(=O)C2CC2)c1. The monoisotopic (exact) mass is 271 g/mol. The molecule has 0 saturated heterocycles. The highest BCUT2D eigenvalue weighted by molar-refractivity contribution is 5.95. The molecular formula is C15H17N3O2. The molecule has 5 heteroatoms. The molecule has 2 rings (SSSR count). The van der Waals surface area contributed by atoms with Crippen LogP contribution < -0.4 is 10.6 Å². The van der Waals surface area contributed by atoms with Crippen LogP contribution in [0.2, 0.25) is 0 Å². The lowest BCUT2D eigenvalue weighted by Gasteiger charge is -2.10. The first kappa shape index (κ1) is 14.1. The van der Waals surface area contributed by atoms with Gasteiger partial charge in [-0.2, -0.15) is 5.26 Å². The zero-order valence-corrected chi connectivity index (χ0v) is 11.4. The lowest BCUT2D eigenvalue weighted by Crippen LogP contribution is -2.29. The second-order valence-electron chi connectivity index (χ2n) is 4.92. The standard InChI is InChI=1S/C15H17N3O2/c1-10(19)12-4-5-13(9-16)14(8-12)17-6-7-18-15(20)11-2-3-11/h4-5,8,11,17H,2-3,6-7H2,1H3,(H,18,20). The molecule has 1 aromatic rings. The summed E-state index contributed by atoms with van der Waals surface area (Å²) in [6, 6.07) is 7.02. The van der Waals surface area contributed by atoms with Gasteiger partial charge in [-0.15, -0.1) is 0 Å². The number of amides is 1. The second kappa shape index (κ2) is 6.20. The Labute approximate surface area is 118 Å². The third-order valence-electron chi connectivity index (χ3n) is 3.23. The normalized spacial score (nSPS) is 13.4. The number of anilines is 1. The average Bonchev–Trinajstić information content (AvgIpc) is 3.27. The molecular weight excluding hydrogens is 254 g/mol. The number of ketones is 1. The molecule has 0 heterocycles. The number of hydrogen-bond donors (Lipinski definition) is 2. The third kappa shape index (κ3) is 3.58. The van der Waals surface area contributed by atoms with Crippen LogP contribution in [-0.4, -0.2) is 24.8 Å². The predicted octanol–water partition coefficient (Wildman–Crippen LogP) is 1.70. The lowest BCUT2D eigenvalue weighted by molar-refractivity contribution is -0.122. The van der Waals surface area contributed by atoms with Gasteiger partial charge in [0, 0.05) is 24.6 Å². The summed E-state index contributed by atoms with van der Waals surface area (Å²) in [4.78, 5) is 22.8. The van der Waals surface area contributed by atoms with E-state index in [1.54, 1.807) is 18.2 Å². The molecule has 1 aromatic carbocycles. The fourth-order valence-electron chi connectivity index (χ4n) is 1.88. The summed E-state index contributed by atoms with van der Waals surface area (Å²) in [6.07, 6.45) is 1.97. The first-order chi connectivity index (χ1) is 9.61. The topological polar surface area (TPSA) is 82.0 Å². The van der Waals surface area contributed by atoms with E-state index in [9.17, 15) is 9.59 Å². The molecule has 1 fully saturated rings. The van der Waals surface area contributed by atoms with Crippen molar-refractivity contribution >= 4 is 17.4 Å². The molecule has 0 bridgehead atoms. The number of rotatable bonds is 6. The number of nitrogens with zero attached hydrogens (tertiary/aromatic N) is 1. The molecule has 0 aromatic heterocycles. The first-order valence-corrected chi connectivity index (χ1v) is 6.68. The zero-order valence-electron chi connectivity index (χ0n) is 11.4. The van der Waals surface area contributed by atoms with E-state index in [1.807, 2.05) is 0 Å². The molecule has 1 aliphatic rings. The molecule has 0 atom stereocenters. The van der Waals surface area contributed by atoms with Crippen LogP contribution >= 0.6 is 0 Å². The van der Waals surface area contributed by atoms with Gasteiger partial charge >= 0.3 is 0 Å². The summed E-state index contributed by atoms with van der Waals surface area (Å²) in [7, 11) is 0. The third-order valence-corrected chi connectivity index (χ3v) is 3.23. The molecule has 1 saturated carbocycles. The maximum atomic E-state index is 11.4. The van der Waals surface area contributed by atoms with Gasteiger partial charge in [0.25, 0.3) is 0 Å². The van der Waals surface area contributed by atoms with E-state index in [0.29, 0.717) is 29.9 Å². The van der Waals surface area contributed by atoms with Crippen LogP contribution in [0.1, 0.15) is 35.7 Å². The first-order valence-electron chi connectivity index (χ1n) is 6.68. The van der Waals surface area contributed by atoms with E-state index in [4.69, 9.17) is 5.26 Å². The Balaban J connectivity index is 1.90. The van der Waals surface area contributed by atoms with Gasteiger partial charge in [-0.1, -0.05) is 0 Å². The number of nitrogens with one attached hydrogen (secondary N) is 2. The summed E-state index contributed by atoms with van der Waals surface area (Å²) in [5.41, 5.74) is 1.68. The van der Waals surface area contributed by atoms with Crippen LogP contribution in [0.15, 0.2) is 18.2 Å². The van der Waals surface area contributed by atoms with E-state index in [0.717, 1.165) is 12.8 Å². The summed E-state index contributed by atoms with van der Waals surface area (Å²) < 4.78 is 0. The van der Waals surface area contributed by atoms with Gasteiger partial charge in [0.1, 0.15) is 6.07 Å². The molecule has 0 aliphatic heterocycles. The van der Waals surface area contributed by atoms with Gasteiger partial charge < -0.3 is 10.6 Å². The maximum Gasteiger partial charge on any atom is 0.223 e. The number of carbonyl (C=O) groups excluding carboxylic acids is 2. The summed E-state index contributed by atoms with van der Waals surface area (Å²) in [6.45, 7) is 2.51. The lowest BCUT2D eigenvalue weighted by atomic mass is 10.1. The van der Waals surface area contributed by atoms with Crippen molar-refractivity contribution in [2.45, 2.75) is 19.8 Å². The number of nitriles is 1. The van der Waals surface area contributed by atoms with Crippen molar-refractivity contribution in [1.29, 1.82) is 5.26 Å². The highest BCUT2D eigenvalue weighted by Gasteiger charge is 2.28. The summed E-state index contributed by atoms with van der Waals surface area (Å²) in [5.74, 6) is 0.259. The van der Waals surface area contributed by atoms with E-state index < -0.39 is 0 Å². The molecule has 5 nitrogen and oxygen atoms in total. The van der Waals surface area contributed by atoms with Crippen molar-refractivity contribution in [1.82, 2.24) is 5.32 Å². The maximum absolute atomic E-state index is 11.4. The molecule has 1 aliphatic carbocycles. The Morgan fingerprint density at radius 1 is 1.35 bits per heavy atom. The largest absolute Gasteiger partial charge is 0.382 e. The Bertz CT molecular complexity index is 571. The Kier molecular flexibility index (Phi) is 4.36. The average molecular weight is 271 g/mol. The molecule has 0 radical (unpaired) electrons. The van der Waals surface area contributed by atoms with Gasteiger partial charge in [-0.3, -0.25) is 9.59 Å². The fourth-order valence-corrected chi connectivity index (χ4v) is 1.88. The van der Waals surface area contributed by atoms with Crippen LogP contribution in [0.5, 0.6) is 0 Å². The van der Waals surface area contributed by atoms with E-state index in [2.05, 4.69) is 16.7 Å². The summed E-state index contributed by atoms with van der Waals surface area (Å²) in [5, 5.41) is 15.0. The minimum atomic E-state index is -0.0421. The van der Waals surface area contributed by atoms with Crippen molar-refractivity contribution < 1.29 is 9.59 Å². The number of Topliss-reactive ketones (excluding diaryl/α,β-unsaturated/α-hetero) is 1. The second-order valence-corrected chi connectivity index (χ2v) is 4.92. The highest BCUT2D eigenvalue weighted by atomic mass is 16.2. The Morgan fingerprint density at radius 3 is 2.70 bits per heavy atom. The molecule has 0 spiro atoms. The van der Waals surface area contributed by atoms with Gasteiger partial charge in [-0.05, 0) is 38.0 Å². The zero-order chi connectivity index (χ0) is 14.5. The van der Waals surface area contributed by atoms with Crippen molar-refractivity contribution in [2.75, 3.05) is 18.4 Å². The van der Waals surface area contributed by atoms with E-state index in [-0.39, 0.29) is 17.6 Å². The van der Waals surface area contributed by atoms with E-state index in [1.165, 1.54) is 6.92 Å². The van der Waals surface area contributed by atoms with Gasteiger partial charge in [0.05, 0.1) is 11.3 Å². The van der Waals surface area contributed by atoms with Crippen molar-refractivity contribution in [2.24, 2.45) is 5.92 Å². The number of hydrogen-bond acceptors (Lipinski definition) is 4. The van der Waals surface area contributed by atoms with Crippen molar-refractivity contribution in [3.8, 4) is 6.07 Å².